The summed E-state index contributed by atoms with van der Waals surface area (Å²) >= 11 is 0. The summed E-state index contributed by atoms with van der Waals surface area (Å²) in [5.41, 5.74) is 8.43. The number of rotatable bonds is 6. The summed E-state index contributed by atoms with van der Waals surface area (Å²) in [7, 11) is 0. The van der Waals surface area contributed by atoms with Gasteiger partial charge in [0.05, 0.1) is 5.56 Å². The number of hydrogen-bond acceptors (Lipinski definition) is 6. The molecule has 142 valence electrons. The van der Waals surface area contributed by atoms with E-state index in [-0.39, 0.29) is 19.3 Å². The number of nitrogens with zero attached hydrogens (tertiary/aromatic N) is 1. The number of aryl methyl sites for hydroxylation is 1. The van der Waals surface area contributed by atoms with E-state index in [1.54, 1.807) is 23.1 Å². The van der Waals surface area contributed by atoms with Crippen molar-refractivity contribution in [3.8, 4) is 11.5 Å². The van der Waals surface area contributed by atoms with Crippen LogP contribution in [0.4, 0.5) is 5.69 Å². The standard InChI is InChI=1S/C20H22N2O5/c1-3-22(10-14-5-7-17-18(8-14)27-12-26-17)19(23)11-25-20(24)15-6-4-13(2)16(21)9-15/h4-9H,3,10-12,21H2,1-2H3. The maximum atomic E-state index is 12.4. The molecule has 0 atom stereocenters. The molecule has 2 aromatic rings. The van der Waals surface area contributed by atoms with E-state index in [1.807, 2.05) is 32.0 Å². The summed E-state index contributed by atoms with van der Waals surface area (Å²) in [6, 6.07) is 10.5. The minimum absolute atomic E-state index is 0.203. The van der Waals surface area contributed by atoms with Crippen molar-refractivity contribution in [2.24, 2.45) is 0 Å². The molecule has 0 radical (unpaired) electrons. The first-order chi connectivity index (χ1) is 13.0. The predicted molar refractivity (Wildman–Crippen MR) is 99.5 cm³/mol. The molecule has 1 amide bonds. The van der Waals surface area contributed by atoms with E-state index in [1.165, 1.54) is 0 Å². The number of carbonyl (C=O) groups excluding carboxylic acids is 2. The van der Waals surface area contributed by atoms with Crippen LogP contribution in [0.2, 0.25) is 0 Å². The summed E-state index contributed by atoms with van der Waals surface area (Å²) in [6.07, 6.45) is 0. The number of anilines is 1. The lowest BCUT2D eigenvalue weighted by Crippen LogP contribution is -2.34. The third-order valence-corrected chi connectivity index (χ3v) is 4.39. The molecule has 1 heterocycles. The van der Waals surface area contributed by atoms with Crippen LogP contribution in [0.3, 0.4) is 0 Å². The Bertz CT molecular complexity index is 865. The number of likely N-dealkylation sites (N-methyl/N-ethyl adjacent to an activating group) is 1. The highest BCUT2D eigenvalue weighted by Crippen LogP contribution is 2.32. The van der Waals surface area contributed by atoms with Gasteiger partial charge < -0.3 is 24.8 Å². The smallest absolute Gasteiger partial charge is 0.338 e. The largest absolute Gasteiger partial charge is 0.454 e. The number of esters is 1. The molecule has 0 saturated carbocycles. The SMILES string of the molecule is CCN(Cc1ccc2c(c1)OCO2)C(=O)COC(=O)c1ccc(C)c(N)c1. The monoisotopic (exact) mass is 370 g/mol. The maximum absolute atomic E-state index is 12.4. The Balaban J connectivity index is 1.58. The van der Waals surface area contributed by atoms with Crippen LogP contribution in [0.15, 0.2) is 36.4 Å². The molecule has 0 bridgehead atoms. The van der Waals surface area contributed by atoms with Crippen LogP contribution in [-0.4, -0.2) is 36.7 Å². The van der Waals surface area contributed by atoms with Crippen molar-refractivity contribution in [2.75, 3.05) is 25.7 Å². The van der Waals surface area contributed by atoms with Crippen LogP contribution in [0, 0.1) is 6.92 Å². The second-order valence-corrected chi connectivity index (χ2v) is 6.24. The van der Waals surface area contributed by atoms with Gasteiger partial charge in [-0.25, -0.2) is 4.79 Å². The number of nitrogen functional groups attached to an aromatic ring is 1. The fourth-order valence-corrected chi connectivity index (χ4v) is 2.71. The average molecular weight is 370 g/mol. The van der Waals surface area contributed by atoms with E-state index in [2.05, 4.69) is 0 Å². The fourth-order valence-electron chi connectivity index (χ4n) is 2.71. The molecule has 2 N–H and O–H groups in total. The Morgan fingerprint density at radius 3 is 2.67 bits per heavy atom. The maximum Gasteiger partial charge on any atom is 0.338 e. The number of ether oxygens (including phenoxy) is 3. The fraction of sp³-hybridized carbons (Fsp3) is 0.300. The third kappa shape index (κ3) is 4.31. The van der Waals surface area contributed by atoms with Crippen LogP contribution in [0.25, 0.3) is 0 Å². The van der Waals surface area contributed by atoms with Gasteiger partial charge in [-0.2, -0.15) is 0 Å². The molecule has 0 aliphatic carbocycles. The van der Waals surface area contributed by atoms with Gasteiger partial charge in [0.2, 0.25) is 6.79 Å². The number of nitrogens with two attached hydrogens (primary N) is 1. The van der Waals surface area contributed by atoms with E-state index < -0.39 is 5.97 Å². The minimum atomic E-state index is -0.575. The second-order valence-electron chi connectivity index (χ2n) is 6.24. The van der Waals surface area contributed by atoms with Crippen LogP contribution in [0.5, 0.6) is 11.5 Å². The van der Waals surface area contributed by atoms with E-state index >= 15 is 0 Å². The van der Waals surface area contributed by atoms with Crippen LogP contribution in [0.1, 0.15) is 28.4 Å². The van der Waals surface area contributed by atoms with Crippen LogP contribution < -0.4 is 15.2 Å². The lowest BCUT2D eigenvalue weighted by atomic mass is 10.1. The molecule has 0 unspecified atom stereocenters. The van der Waals surface area contributed by atoms with Gasteiger partial charge in [-0.3, -0.25) is 4.79 Å². The highest BCUT2D eigenvalue weighted by Gasteiger charge is 2.18. The summed E-state index contributed by atoms with van der Waals surface area (Å²) in [6.45, 7) is 4.47. The van der Waals surface area contributed by atoms with Gasteiger partial charge in [0, 0.05) is 18.8 Å². The molecule has 7 heteroatoms. The van der Waals surface area contributed by atoms with Crippen molar-refractivity contribution in [1.29, 1.82) is 0 Å². The Hall–Kier alpha value is -3.22. The molecular formula is C20H22N2O5. The second kappa shape index (κ2) is 7.99. The molecule has 0 saturated heterocycles. The van der Waals surface area contributed by atoms with Crippen molar-refractivity contribution in [2.45, 2.75) is 20.4 Å². The summed E-state index contributed by atoms with van der Waals surface area (Å²) in [5, 5.41) is 0. The van der Waals surface area contributed by atoms with E-state index in [0.29, 0.717) is 35.8 Å². The minimum Gasteiger partial charge on any atom is -0.454 e. The zero-order chi connectivity index (χ0) is 19.4. The summed E-state index contributed by atoms with van der Waals surface area (Å²) < 4.78 is 15.8. The molecule has 7 nitrogen and oxygen atoms in total. The molecule has 27 heavy (non-hydrogen) atoms. The van der Waals surface area contributed by atoms with Crippen molar-refractivity contribution >= 4 is 17.6 Å². The number of amides is 1. The zero-order valence-corrected chi connectivity index (χ0v) is 15.4. The Labute approximate surface area is 157 Å². The number of carbonyl (C=O) groups is 2. The summed E-state index contributed by atoms with van der Waals surface area (Å²) in [4.78, 5) is 26.2. The first-order valence-corrected chi connectivity index (χ1v) is 8.67. The summed E-state index contributed by atoms with van der Waals surface area (Å²) in [5.74, 6) is 0.511. The highest BCUT2D eigenvalue weighted by molar-refractivity contribution is 5.92. The molecule has 0 spiro atoms. The zero-order valence-electron chi connectivity index (χ0n) is 15.4. The van der Waals surface area contributed by atoms with Crippen LogP contribution >= 0.6 is 0 Å². The number of fused-ring (bicyclic) bond motifs is 1. The molecular weight excluding hydrogens is 348 g/mol. The molecule has 0 aromatic heterocycles. The predicted octanol–water partition coefficient (Wildman–Crippen LogP) is 2.51. The van der Waals surface area contributed by atoms with Gasteiger partial charge in [0.15, 0.2) is 18.1 Å². The van der Waals surface area contributed by atoms with Crippen LogP contribution in [-0.2, 0) is 16.1 Å². The van der Waals surface area contributed by atoms with E-state index in [0.717, 1.165) is 11.1 Å². The van der Waals surface area contributed by atoms with E-state index in [4.69, 9.17) is 19.9 Å². The normalized spacial score (nSPS) is 11.9. The van der Waals surface area contributed by atoms with Crippen molar-refractivity contribution in [3.05, 3.63) is 53.1 Å². The number of hydrogen-bond donors (Lipinski definition) is 1. The lowest BCUT2D eigenvalue weighted by Gasteiger charge is -2.21. The van der Waals surface area contributed by atoms with Gasteiger partial charge in [-0.1, -0.05) is 12.1 Å². The molecule has 2 aromatic carbocycles. The van der Waals surface area contributed by atoms with Crippen molar-refractivity contribution in [3.63, 3.8) is 0 Å². The van der Waals surface area contributed by atoms with Gasteiger partial charge in [0.25, 0.3) is 5.91 Å². The third-order valence-electron chi connectivity index (χ3n) is 4.39. The molecule has 0 fully saturated rings. The molecule has 1 aliphatic rings. The Morgan fingerprint density at radius 1 is 1.15 bits per heavy atom. The van der Waals surface area contributed by atoms with Crippen molar-refractivity contribution in [1.82, 2.24) is 4.90 Å². The topological polar surface area (TPSA) is 91.1 Å². The highest BCUT2D eigenvalue weighted by atomic mass is 16.7. The molecule has 1 aliphatic heterocycles. The van der Waals surface area contributed by atoms with E-state index in [9.17, 15) is 9.59 Å². The van der Waals surface area contributed by atoms with Gasteiger partial charge in [0.1, 0.15) is 0 Å². The molecule has 3 rings (SSSR count). The quantitative estimate of drug-likeness (QED) is 0.621. The Kier molecular flexibility index (Phi) is 5.49. The first kappa shape index (κ1) is 18.6. The van der Waals surface area contributed by atoms with Crippen molar-refractivity contribution < 1.29 is 23.8 Å². The van der Waals surface area contributed by atoms with Gasteiger partial charge in [-0.05, 0) is 49.2 Å². The van der Waals surface area contributed by atoms with Gasteiger partial charge in [-0.15, -0.1) is 0 Å². The first-order valence-electron chi connectivity index (χ1n) is 8.67. The lowest BCUT2D eigenvalue weighted by molar-refractivity contribution is -0.134. The number of benzene rings is 2. The van der Waals surface area contributed by atoms with Gasteiger partial charge >= 0.3 is 5.97 Å². The Morgan fingerprint density at radius 2 is 1.93 bits per heavy atom. The average Bonchev–Trinajstić information content (AvgIpc) is 3.13.